The maximum Gasteiger partial charge on any atom is 0.253 e. The van der Waals surface area contributed by atoms with Crippen molar-refractivity contribution in [2.75, 3.05) is 33.7 Å². The molecule has 1 aliphatic rings. The number of carbonyl (C=O) groups is 2. The van der Waals surface area contributed by atoms with Gasteiger partial charge in [0.05, 0.1) is 18.0 Å². The summed E-state index contributed by atoms with van der Waals surface area (Å²) in [5.74, 6) is -0.0577. The first-order valence-corrected chi connectivity index (χ1v) is 14.1. The van der Waals surface area contributed by atoms with Crippen molar-refractivity contribution < 1.29 is 14.7 Å². The highest BCUT2D eigenvalue weighted by atomic mass is 16.3. The summed E-state index contributed by atoms with van der Waals surface area (Å²) < 4.78 is 0. The lowest BCUT2D eigenvalue weighted by Crippen LogP contribution is -2.36. The van der Waals surface area contributed by atoms with E-state index >= 15 is 0 Å². The molecule has 5 rings (SSSR count). The molecule has 0 aliphatic carbocycles. The molecular weight excluding hydrogens is 516 g/mol. The summed E-state index contributed by atoms with van der Waals surface area (Å²) >= 11 is 0. The standard InChI is InChI=1S/C32H38N6O3/c1-19-13-23(14-24-18-38(10-8-25(19)24)11-9-29(40)33-15-21(3)39)28-17-35-31-30(36-28)27(16-34-31)22-6-7-26(20(2)12-22)32(41)37(4)5/h6-7,12-14,16-17,21,39H,8-11,15,18H2,1-5H3,(H,33,40)(H,34,35)/t21-/m1/s1. The number of aliphatic hydroxyl groups is 1. The molecule has 9 nitrogen and oxygen atoms in total. The predicted molar refractivity (Wildman–Crippen MR) is 161 cm³/mol. The summed E-state index contributed by atoms with van der Waals surface area (Å²) in [6.45, 7) is 8.39. The summed E-state index contributed by atoms with van der Waals surface area (Å²) in [6, 6.07) is 10.2. The van der Waals surface area contributed by atoms with Crippen molar-refractivity contribution in [3.8, 4) is 22.4 Å². The van der Waals surface area contributed by atoms with E-state index in [1.165, 1.54) is 16.7 Å². The van der Waals surface area contributed by atoms with Crippen LogP contribution in [-0.2, 0) is 17.8 Å². The molecular formula is C32H38N6O3. The van der Waals surface area contributed by atoms with Crippen LogP contribution in [0.1, 0.15) is 46.0 Å². The Kier molecular flexibility index (Phi) is 8.19. The van der Waals surface area contributed by atoms with Crippen LogP contribution in [-0.4, -0.2) is 81.5 Å². The SMILES string of the molecule is Cc1cc(-c2c[nH]c3ncc(-c4cc(C)c5c(c4)CN(CCC(=O)NC[C@@H](C)O)CC5)nc23)ccc1C(=O)N(C)C. The van der Waals surface area contributed by atoms with E-state index in [1.807, 2.05) is 31.3 Å². The monoisotopic (exact) mass is 554 g/mol. The number of H-pyrrole nitrogens is 1. The molecule has 2 amide bonds. The van der Waals surface area contributed by atoms with Gasteiger partial charge in [0, 0.05) is 69.6 Å². The molecule has 3 N–H and O–H groups in total. The van der Waals surface area contributed by atoms with Crippen LogP contribution in [0.15, 0.2) is 42.7 Å². The van der Waals surface area contributed by atoms with E-state index in [0.717, 1.165) is 53.0 Å². The molecule has 0 saturated carbocycles. The smallest absolute Gasteiger partial charge is 0.253 e. The number of aliphatic hydroxyl groups excluding tert-OH is 1. The molecule has 0 spiro atoms. The van der Waals surface area contributed by atoms with E-state index in [0.29, 0.717) is 24.2 Å². The molecule has 2 aromatic carbocycles. The fourth-order valence-electron chi connectivity index (χ4n) is 5.49. The Bertz CT molecular complexity index is 1610. The van der Waals surface area contributed by atoms with Gasteiger partial charge in [-0.15, -0.1) is 0 Å². The van der Waals surface area contributed by atoms with Gasteiger partial charge in [0.15, 0.2) is 5.65 Å². The van der Waals surface area contributed by atoms with Crippen LogP contribution in [0.3, 0.4) is 0 Å². The molecule has 0 saturated heterocycles. The predicted octanol–water partition coefficient (Wildman–Crippen LogP) is 3.86. The van der Waals surface area contributed by atoms with Crippen molar-refractivity contribution in [3.63, 3.8) is 0 Å². The van der Waals surface area contributed by atoms with E-state index in [9.17, 15) is 14.7 Å². The third-order valence-corrected chi connectivity index (χ3v) is 7.74. The Morgan fingerprint density at radius 2 is 1.93 bits per heavy atom. The Morgan fingerprint density at radius 1 is 1.15 bits per heavy atom. The fourth-order valence-corrected chi connectivity index (χ4v) is 5.49. The lowest BCUT2D eigenvalue weighted by Gasteiger charge is -2.30. The van der Waals surface area contributed by atoms with E-state index in [2.05, 4.69) is 39.2 Å². The van der Waals surface area contributed by atoms with Crippen LogP contribution >= 0.6 is 0 Å². The second kappa shape index (κ2) is 11.8. The number of aryl methyl sites for hydroxylation is 2. The number of hydrogen-bond acceptors (Lipinski definition) is 6. The quantitative estimate of drug-likeness (QED) is 0.305. The molecule has 41 heavy (non-hydrogen) atoms. The van der Waals surface area contributed by atoms with Crippen molar-refractivity contribution in [3.05, 3.63) is 70.5 Å². The molecule has 0 unspecified atom stereocenters. The van der Waals surface area contributed by atoms with Gasteiger partial charge >= 0.3 is 0 Å². The van der Waals surface area contributed by atoms with E-state index < -0.39 is 6.10 Å². The maximum atomic E-state index is 12.5. The lowest BCUT2D eigenvalue weighted by molar-refractivity contribution is -0.121. The number of aromatic nitrogens is 3. The molecule has 1 atom stereocenters. The highest BCUT2D eigenvalue weighted by molar-refractivity contribution is 5.97. The first-order valence-electron chi connectivity index (χ1n) is 14.1. The lowest BCUT2D eigenvalue weighted by atomic mass is 9.92. The van der Waals surface area contributed by atoms with Crippen LogP contribution in [0.5, 0.6) is 0 Å². The molecule has 0 bridgehead atoms. The van der Waals surface area contributed by atoms with Gasteiger partial charge in [0.1, 0.15) is 5.52 Å². The highest BCUT2D eigenvalue weighted by Gasteiger charge is 2.21. The van der Waals surface area contributed by atoms with Crippen LogP contribution in [0.4, 0.5) is 0 Å². The van der Waals surface area contributed by atoms with Gasteiger partial charge in [-0.05, 0) is 73.2 Å². The third-order valence-electron chi connectivity index (χ3n) is 7.74. The molecule has 2 aromatic heterocycles. The van der Waals surface area contributed by atoms with E-state index in [1.54, 1.807) is 32.1 Å². The van der Waals surface area contributed by atoms with Crippen molar-refractivity contribution in [2.45, 2.75) is 46.3 Å². The highest BCUT2D eigenvalue weighted by Crippen LogP contribution is 2.32. The first kappa shape index (κ1) is 28.4. The van der Waals surface area contributed by atoms with Gasteiger partial charge in [-0.25, -0.2) is 9.97 Å². The molecule has 3 heterocycles. The number of nitrogens with one attached hydrogen (secondary N) is 2. The Balaban J connectivity index is 1.39. The maximum absolute atomic E-state index is 12.5. The minimum Gasteiger partial charge on any atom is -0.392 e. The average Bonchev–Trinajstić information content (AvgIpc) is 3.37. The topological polar surface area (TPSA) is 114 Å². The second-order valence-corrected chi connectivity index (χ2v) is 11.2. The number of carbonyl (C=O) groups excluding carboxylic acids is 2. The summed E-state index contributed by atoms with van der Waals surface area (Å²) in [7, 11) is 3.51. The number of aromatic amines is 1. The molecule has 0 fully saturated rings. The van der Waals surface area contributed by atoms with E-state index in [-0.39, 0.29) is 18.4 Å². The van der Waals surface area contributed by atoms with Gasteiger partial charge in [0.2, 0.25) is 5.91 Å². The van der Waals surface area contributed by atoms with Crippen LogP contribution in [0.25, 0.3) is 33.5 Å². The van der Waals surface area contributed by atoms with Gasteiger partial charge in [-0.2, -0.15) is 0 Å². The number of fused-ring (bicyclic) bond motifs is 2. The normalized spacial score (nSPS) is 14.1. The van der Waals surface area contributed by atoms with Gasteiger partial charge < -0.3 is 20.3 Å². The number of hydrogen-bond donors (Lipinski definition) is 3. The van der Waals surface area contributed by atoms with Crippen LogP contribution < -0.4 is 5.32 Å². The largest absolute Gasteiger partial charge is 0.392 e. The number of rotatable bonds is 8. The Hall–Kier alpha value is -4.08. The van der Waals surface area contributed by atoms with Crippen molar-refractivity contribution in [1.82, 2.24) is 30.1 Å². The zero-order valence-electron chi connectivity index (χ0n) is 24.4. The zero-order chi connectivity index (χ0) is 29.3. The molecule has 4 aromatic rings. The summed E-state index contributed by atoms with van der Waals surface area (Å²) in [4.78, 5) is 41.5. The van der Waals surface area contributed by atoms with Gasteiger partial charge in [-0.3, -0.25) is 14.5 Å². The van der Waals surface area contributed by atoms with Gasteiger partial charge in [0.25, 0.3) is 5.91 Å². The summed E-state index contributed by atoms with van der Waals surface area (Å²) in [5, 5.41) is 12.2. The molecule has 9 heteroatoms. The number of nitrogens with zero attached hydrogens (tertiary/aromatic N) is 4. The fraction of sp³-hybridized carbons (Fsp3) is 0.375. The minimum absolute atomic E-state index is 0.0176. The first-order chi connectivity index (χ1) is 19.6. The minimum atomic E-state index is -0.546. The van der Waals surface area contributed by atoms with Crippen molar-refractivity contribution in [2.24, 2.45) is 0 Å². The van der Waals surface area contributed by atoms with Crippen LogP contribution in [0.2, 0.25) is 0 Å². The van der Waals surface area contributed by atoms with Gasteiger partial charge in [-0.1, -0.05) is 12.1 Å². The second-order valence-electron chi connectivity index (χ2n) is 11.2. The molecule has 214 valence electrons. The summed E-state index contributed by atoms with van der Waals surface area (Å²) in [5.41, 5.74) is 10.7. The van der Waals surface area contributed by atoms with E-state index in [4.69, 9.17) is 4.98 Å². The molecule has 0 radical (unpaired) electrons. The summed E-state index contributed by atoms with van der Waals surface area (Å²) in [6.07, 6.45) is 4.53. The Labute approximate surface area is 240 Å². The van der Waals surface area contributed by atoms with Crippen molar-refractivity contribution >= 4 is 23.0 Å². The number of benzene rings is 2. The van der Waals surface area contributed by atoms with Crippen LogP contribution in [0, 0.1) is 13.8 Å². The number of amides is 2. The Morgan fingerprint density at radius 3 is 2.66 bits per heavy atom. The molecule has 1 aliphatic heterocycles. The average molecular weight is 555 g/mol. The zero-order valence-corrected chi connectivity index (χ0v) is 24.4. The van der Waals surface area contributed by atoms with Crippen molar-refractivity contribution in [1.29, 1.82) is 0 Å². The third kappa shape index (κ3) is 6.16.